The number of alkyl halides is 3. The number of hydrogen-bond donors (Lipinski definition) is 3. The van der Waals surface area contributed by atoms with Crippen LogP contribution in [-0.2, 0) is 10.3 Å². The van der Waals surface area contributed by atoms with Crippen molar-refractivity contribution in [2.75, 3.05) is 18.5 Å². The molecule has 2 saturated heterocycles. The van der Waals surface area contributed by atoms with Crippen molar-refractivity contribution in [1.82, 2.24) is 10.6 Å². The zero-order valence-corrected chi connectivity index (χ0v) is 19.8. The maximum Gasteiger partial charge on any atom is 0.421 e. The lowest BCUT2D eigenvalue weighted by Crippen LogP contribution is -2.57. The third-order valence-electron chi connectivity index (χ3n) is 6.11. The topological polar surface area (TPSA) is 71.6 Å². The summed E-state index contributed by atoms with van der Waals surface area (Å²) < 4.78 is 117. The lowest BCUT2D eigenvalue weighted by molar-refractivity contribution is -0.334. The Bertz CT molecular complexity index is 1160. The van der Waals surface area contributed by atoms with Crippen molar-refractivity contribution in [1.29, 1.82) is 0 Å². The van der Waals surface area contributed by atoms with E-state index in [9.17, 15) is 37.4 Å². The molecular formula is C22H23F8N3O3S. The van der Waals surface area contributed by atoms with E-state index >= 15 is 0 Å². The predicted molar refractivity (Wildman–Crippen MR) is 120 cm³/mol. The van der Waals surface area contributed by atoms with E-state index in [1.165, 1.54) is 24.3 Å². The fourth-order valence-corrected chi connectivity index (χ4v) is 4.85. The lowest BCUT2D eigenvalue weighted by Gasteiger charge is -2.44. The summed E-state index contributed by atoms with van der Waals surface area (Å²) in [6.45, 7) is 0.381. The first-order chi connectivity index (χ1) is 17.0. The van der Waals surface area contributed by atoms with E-state index in [4.69, 9.17) is 9.47 Å². The van der Waals surface area contributed by atoms with Gasteiger partial charge >= 0.3 is 22.4 Å². The number of carbonyl (C=O) groups excluding carboxylic acids is 1. The molecular weight excluding hydrogens is 538 g/mol. The van der Waals surface area contributed by atoms with Gasteiger partial charge in [0.15, 0.2) is 11.8 Å². The summed E-state index contributed by atoms with van der Waals surface area (Å²) in [5.74, 6) is -0.0854. The van der Waals surface area contributed by atoms with Crippen molar-refractivity contribution >= 4 is 21.9 Å². The second kappa shape index (κ2) is 8.63. The summed E-state index contributed by atoms with van der Waals surface area (Å²) in [6, 6.07) is 5.64. The molecule has 0 spiro atoms. The largest absolute Gasteiger partial charge is 0.473 e. The molecule has 6 nitrogen and oxygen atoms in total. The number of halogens is 8. The highest BCUT2D eigenvalue weighted by Gasteiger charge is 2.65. The minimum atomic E-state index is -9.85. The van der Waals surface area contributed by atoms with Gasteiger partial charge in [-0.3, -0.25) is 5.32 Å². The van der Waals surface area contributed by atoms with Crippen LogP contribution in [0.15, 0.2) is 53.4 Å². The van der Waals surface area contributed by atoms with E-state index in [1.54, 1.807) is 0 Å². The minimum Gasteiger partial charge on any atom is -0.473 e. The van der Waals surface area contributed by atoms with E-state index in [2.05, 4.69) is 16.0 Å². The van der Waals surface area contributed by atoms with Crippen LogP contribution in [-0.4, -0.2) is 37.6 Å². The molecule has 3 atom stereocenters. The van der Waals surface area contributed by atoms with Crippen LogP contribution < -0.4 is 20.7 Å². The summed E-state index contributed by atoms with van der Waals surface area (Å²) in [6.07, 6.45) is -4.95. The average molecular weight is 561 g/mol. The van der Waals surface area contributed by atoms with Gasteiger partial charge in [-0.2, -0.15) is 13.2 Å². The van der Waals surface area contributed by atoms with Crippen molar-refractivity contribution in [3.8, 4) is 5.75 Å². The van der Waals surface area contributed by atoms with Gasteiger partial charge in [0.2, 0.25) is 0 Å². The highest BCUT2D eigenvalue weighted by molar-refractivity contribution is 8.45. The van der Waals surface area contributed by atoms with Gasteiger partial charge < -0.3 is 20.1 Å². The standard InChI is InChI=1S/C22H23F8N3O3S/c23-22(24,25)21(11-13-35-21)16-4-1-2-6-18(16)36-19-17(5-3-12-31-19)33-20(34)32-14-7-9-15(10-8-14)37(26,27,28,29)30/h1-2,4,6-10,17,19,31H,3,5,11-13H2,(H2,32,33,34). The van der Waals surface area contributed by atoms with E-state index in [-0.39, 0.29) is 42.2 Å². The van der Waals surface area contributed by atoms with Gasteiger partial charge in [-0.05, 0) is 49.7 Å². The lowest BCUT2D eigenvalue weighted by atomic mass is 9.85. The number of carbonyl (C=O) groups is 1. The monoisotopic (exact) mass is 561 g/mol. The SMILES string of the molecule is O=C(Nc1ccc(S(F)(F)(F)(F)F)cc1)NC1CCCNC1Oc1ccccc1C1(C(F)(F)F)CCO1. The van der Waals surface area contributed by atoms with Crippen LogP contribution in [0, 0.1) is 0 Å². The number of rotatable bonds is 6. The van der Waals surface area contributed by atoms with Gasteiger partial charge in [-0.1, -0.05) is 37.6 Å². The molecule has 3 N–H and O–H groups in total. The van der Waals surface area contributed by atoms with Gasteiger partial charge in [0.25, 0.3) is 0 Å². The third kappa shape index (κ3) is 5.88. The van der Waals surface area contributed by atoms with Crippen LogP contribution in [0.1, 0.15) is 24.8 Å². The van der Waals surface area contributed by atoms with Crippen molar-refractivity contribution in [3.05, 3.63) is 54.1 Å². The summed E-state index contributed by atoms with van der Waals surface area (Å²) in [5.41, 5.74) is -2.88. The first kappa shape index (κ1) is 27.3. The molecule has 2 amide bonds. The fourth-order valence-electron chi connectivity index (χ4n) is 4.20. The van der Waals surface area contributed by atoms with Crippen LogP contribution in [0.2, 0.25) is 0 Å². The molecule has 2 aliphatic rings. The molecule has 0 aliphatic carbocycles. The van der Waals surface area contributed by atoms with Gasteiger partial charge in [0.05, 0.1) is 12.6 Å². The number of benzene rings is 2. The predicted octanol–water partition coefficient (Wildman–Crippen LogP) is 6.80. The molecule has 0 radical (unpaired) electrons. The van der Waals surface area contributed by atoms with Crippen LogP contribution in [0.3, 0.4) is 0 Å². The zero-order valence-electron chi connectivity index (χ0n) is 19.0. The molecule has 15 heteroatoms. The second-order valence-corrected chi connectivity index (χ2v) is 11.2. The number of amides is 2. The second-order valence-electron chi connectivity index (χ2n) is 8.75. The summed E-state index contributed by atoms with van der Waals surface area (Å²) in [5, 5.41) is 7.79. The van der Waals surface area contributed by atoms with Gasteiger partial charge in [-0.15, -0.1) is 0 Å². The van der Waals surface area contributed by atoms with Crippen LogP contribution in [0.4, 0.5) is 43.1 Å². The summed E-state index contributed by atoms with van der Waals surface area (Å²) in [4.78, 5) is 10.4. The molecule has 2 heterocycles. The summed E-state index contributed by atoms with van der Waals surface area (Å²) in [7, 11) is -9.85. The highest BCUT2D eigenvalue weighted by Crippen LogP contribution is 3.02. The molecule has 2 aliphatic heterocycles. The van der Waals surface area contributed by atoms with Crippen molar-refractivity contribution in [3.63, 3.8) is 0 Å². The average Bonchev–Trinajstić information content (AvgIpc) is 2.73. The number of anilines is 1. The van der Waals surface area contributed by atoms with Gasteiger partial charge in [0.1, 0.15) is 10.6 Å². The molecule has 0 aromatic heterocycles. The van der Waals surface area contributed by atoms with E-state index < -0.39 is 45.2 Å². The molecule has 4 rings (SSSR count). The molecule has 2 aromatic carbocycles. The molecule has 206 valence electrons. The molecule has 2 aromatic rings. The maximum atomic E-state index is 13.8. The number of ether oxygens (including phenoxy) is 2. The van der Waals surface area contributed by atoms with E-state index in [1.807, 2.05) is 0 Å². The van der Waals surface area contributed by atoms with Gasteiger partial charge in [-0.25, -0.2) is 4.79 Å². The normalized spacial score (nSPS) is 26.3. The Kier molecular flexibility index (Phi) is 6.36. The molecule has 37 heavy (non-hydrogen) atoms. The Hall–Kier alpha value is -2.78. The number of urea groups is 1. The number of hydrogen-bond acceptors (Lipinski definition) is 4. The summed E-state index contributed by atoms with van der Waals surface area (Å²) >= 11 is 0. The van der Waals surface area contributed by atoms with Crippen LogP contribution >= 0.6 is 10.2 Å². The quantitative estimate of drug-likeness (QED) is 0.340. The Balaban J connectivity index is 1.46. The maximum absolute atomic E-state index is 13.8. The number of piperidine rings is 1. The first-order valence-electron chi connectivity index (χ1n) is 11.1. The molecule has 2 fully saturated rings. The van der Waals surface area contributed by atoms with Crippen LogP contribution in [0.25, 0.3) is 0 Å². The van der Waals surface area contributed by atoms with Crippen molar-refractivity contribution < 1.29 is 46.9 Å². The fraction of sp³-hybridized carbons (Fsp3) is 0.409. The zero-order chi connectivity index (χ0) is 27.2. The number of para-hydroxylation sites is 1. The van der Waals surface area contributed by atoms with E-state index in [0.29, 0.717) is 31.5 Å². The molecule has 0 bridgehead atoms. The molecule has 0 saturated carbocycles. The third-order valence-corrected chi connectivity index (χ3v) is 7.28. The Morgan fingerprint density at radius 2 is 1.70 bits per heavy atom. The van der Waals surface area contributed by atoms with Crippen molar-refractivity contribution in [2.24, 2.45) is 0 Å². The van der Waals surface area contributed by atoms with Gasteiger partial charge in [0, 0.05) is 17.7 Å². The highest BCUT2D eigenvalue weighted by atomic mass is 32.5. The van der Waals surface area contributed by atoms with Crippen molar-refractivity contribution in [2.45, 2.75) is 48.2 Å². The Morgan fingerprint density at radius 3 is 2.27 bits per heavy atom. The van der Waals surface area contributed by atoms with Crippen LogP contribution in [0.5, 0.6) is 5.75 Å². The Labute approximate surface area is 206 Å². The first-order valence-corrected chi connectivity index (χ1v) is 13.1. The number of nitrogens with one attached hydrogen (secondary N) is 3. The molecule has 3 unspecified atom stereocenters. The van der Waals surface area contributed by atoms with E-state index in [0.717, 1.165) is 0 Å². The minimum absolute atomic E-state index is 0.0665. The Morgan fingerprint density at radius 1 is 1.05 bits per heavy atom. The smallest absolute Gasteiger partial charge is 0.421 e.